The van der Waals surface area contributed by atoms with E-state index in [-0.39, 0.29) is 16.9 Å². The summed E-state index contributed by atoms with van der Waals surface area (Å²) in [6.45, 7) is 16.4. The van der Waals surface area contributed by atoms with E-state index < -0.39 is 5.60 Å². The van der Waals surface area contributed by atoms with Gasteiger partial charge in [0.1, 0.15) is 12.6 Å². The number of nitrogens with zero attached hydrogens (tertiary/aromatic N) is 1. The number of benzene rings is 4. The van der Waals surface area contributed by atoms with Crippen LogP contribution in [0.5, 0.6) is 0 Å². The Bertz CT molecular complexity index is 1480. The summed E-state index contributed by atoms with van der Waals surface area (Å²) in [5.74, 6) is 0.602. The fraction of sp³-hybridized carbons (Fsp3) is 0.359. The Morgan fingerprint density at radius 1 is 0.690 bits per heavy atom. The normalized spacial score (nSPS) is 15.8. The van der Waals surface area contributed by atoms with E-state index in [4.69, 9.17) is 9.73 Å². The smallest absolute Gasteiger partial charge is 0.217 e. The second-order valence-electron chi connectivity index (χ2n) is 13.9. The third-order valence-electron chi connectivity index (χ3n) is 8.42. The minimum Gasteiger partial charge on any atom is -0.475 e. The van der Waals surface area contributed by atoms with E-state index in [2.05, 4.69) is 84.9 Å². The van der Waals surface area contributed by atoms with Crippen molar-refractivity contribution in [2.75, 3.05) is 6.61 Å². The van der Waals surface area contributed by atoms with Gasteiger partial charge in [-0.05, 0) is 62.8 Å². The summed E-state index contributed by atoms with van der Waals surface area (Å²) >= 11 is 0. The first-order chi connectivity index (χ1) is 19.8. The highest BCUT2D eigenvalue weighted by molar-refractivity contribution is 5.97. The van der Waals surface area contributed by atoms with Crippen LogP contribution >= 0.6 is 0 Å². The zero-order chi connectivity index (χ0) is 30.1. The maximum atomic E-state index is 12.5. The highest BCUT2D eigenvalue weighted by Gasteiger charge is 2.35. The molecule has 0 aliphatic carbocycles. The Morgan fingerprint density at radius 3 is 1.67 bits per heavy atom. The number of aliphatic hydroxyl groups is 1. The van der Waals surface area contributed by atoms with Gasteiger partial charge >= 0.3 is 0 Å². The molecule has 1 aliphatic heterocycles. The summed E-state index contributed by atoms with van der Waals surface area (Å²) in [7, 11) is 0. The van der Waals surface area contributed by atoms with Crippen LogP contribution in [0.15, 0.2) is 102 Å². The minimum absolute atomic E-state index is 0.0179. The molecule has 0 saturated carbocycles. The third-order valence-corrected chi connectivity index (χ3v) is 8.42. The molecule has 0 saturated heterocycles. The molecule has 0 radical (unpaired) electrons. The van der Waals surface area contributed by atoms with Crippen molar-refractivity contribution in [1.82, 2.24) is 0 Å². The van der Waals surface area contributed by atoms with E-state index in [1.807, 2.05) is 60.7 Å². The number of aliphatic imine (C=N–C) groups is 1. The molecule has 218 valence electrons. The number of rotatable bonds is 7. The Hall–Kier alpha value is -3.69. The number of ether oxygens (including phenoxy) is 1. The first kappa shape index (κ1) is 29.8. The fourth-order valence-electron chi connectivity index (χ4n) is 6.37. The van der Waals surface area contributed by atoms with Gasteiger partial charge in [-0.1, -0.05) is 133 Å². The molecule has 1 atom stereocenters. The van der Waals surface area contributed by atoms with Crippen molar-refractivity contribution >= 4 is 5.90 Å². The average Bonchev–Trinajstić information content (AvgIpc) is 3.43. The molecule has 3 heteroatoms. The van der Waals surface area contributed by atoms with Gasteiger partial charge < -0.3 is 9.84 Å². The van der Waals surface area contributed by atoms with Crippen molar-refractivity contribution in [2.24, 2.45) is 4.99 Å². The van der Waals surface area contributed by atoms with Gasteiger partial charge in [0.2, 0.25) is 5.90 Å². The molecule has 0 fully saturated rings. The van der Waals surface area contributed by atoms with Crippen molar-refractivity contribution in [1.29, 1.82) is 0 Å². The van der Waals surface area contributed by atoms with Crippen LogP contribution < -0.4 is 0 Å². The van der Waals surface area contributed by atoms with Gasteiger partial charge in [0.25, 0.3) is 0 Å². The zero-order valence-corrected chi connectivity index (χ0v) is 26.2. The predicted octanol–water partition coefficient (Wildman–Crippen LogP) is 8.78. The van der Waals surface area contributed by atoms with E-state index in [1.165, 1.54) is 22.3 Å². The van der Waals surface area contributed by atoms with Gasteiger partial charge in [0.05, 0.1) is 5.60 Å². The van der Waals surface area contributed by atoms with E-state index in [1.54, 1.807) is 0 Å². The van der Waals surface area contributed by atoms with Crippen molar-refractivity contribution in [3.8, 4) is 0 Å². The average molecular weight is 560 g/mol. The maximum absolute atomic E-state index is 12.5. The van der Waals surface area contributed by atoms with Crippen molar-refractivity contribution < 1.29 is 9.84 Å². The van der Waals surface area contributed by atoms with Gasteiger partial charge in [-0.25, -0.2) is 4.99 Å². The van der Waals surface area contributed by atoms with Crippen LogP contribution in [0.1, 0.15) is 92.1 Å². The van der Waals surface area contributed by atoms with E-state index in [0.717, 1.165) is 22.3 Å². The lowest BCUT2D eigenvalue weighted by Gasteiger charge is -2.31. The lowest BCUT2D eigenvalue weighted by Crippen LogP contribution is -2.33. The standard InChI is InChI=1S/C39H45NO2/c1-27-33(37(2,3)4)22-30(23-34(27)38(5,6)7)35-26-42-36(40-35)31-20-14-15-21-32(31)39(41,24-28-16-10-8-11-17-28)25-29-18-12-9-13-19-29/h8-23,35,41H,24-26H2,1-7H3/t35-/m0/s1. The van der Waals surface area contributed by atoms with Gasteiger partial charge in [0.15, 0.2) is 0 Å². The molecule has 0 bridgehead atoms. The fourth-order valence-corrected chi connectivity index (χ4v) is 6.37. The molecule has 1 N–H and O–H groups in total. The van der Waals surface area contributed by atoms with Gasteiger partial charge in [-0.3, -0.25) is 0 Å². The lowest BCUT2D eigenvalue weighted by molar-refractivity contribution is 0.0367. The molecule has 4 aromatic carbocycles. The summed E-state index contributed by atoms with van der Waals surface area (Å²) in [5, 5.41) is 12.5. The summed E-state index contributed by atoms with van der Waals surface area (Å²) in [6.07, 6.45) is 0.969. The van der Waals surface area contributed by atoms with E-state index in [0.29, 0.717) is 25.3 Å². The minimum atomic E-state index is -1.15. The molecule has 3 nitrogen and oxygen atoms in total. The molecule has 0 aromatic heterocycles. The van der Waals surface area contributed by atoms with Crippen LogP contribution in [0, 0.1) is 6.92 Å². The SMILES string of the molecule is Cc1c(C(C)(C)C)cc([C@@H]2COC(c3ccccc3C(O)(Cc3ccccc3)Cc3ccccc3)=N2)cc1C(C)(C)C. The topological polar surface area (TPSA) is 41.8 Å². The molecule has 1 aliphatic rings. The lowest BCUT2D eigenvalue weighted by atomic mass is 9.75. The Morgan fingerprint density at radius 2 is 1.17 bits per heavy atom. The zero-order valence-electron chi connectivity index (χ0n) is 26.2. The van der Waals surface area contributed by atoms with Gasteiger partial charge in [-0.15, -0.1) is 0 Å². The van der Waals surface area contributed by atoms with E-state index in [9.17, 15) is 5.11 Å². The summed E-state index contributed by atoms with van der Waals surface area (Å²) in [4.78, 5) is 5.18. The summed E-state index contributed by atoms with van der Waals surface area (Å²) < 4.78 is 6.36. The quantitative estimate of drug-likeness (QED) is 0.246. The molecule has 4 aromatic rings. The molecule has 5 rings (SSSR count). The third kappa shape index (κ3) is 6.37. The number of hydrogen-bond acceptors (Lipinski definition) is 3. The Kier molecular flexibility index (Phi) is 8.18. The first-order valence-corrected chi connectivity index (χ1v) is 15.1. The van der Waals surface area contributed by atoms with Crippen molar-refractivity contribution in [3.05, 3.63) is 142 Å². The second kappa shape index (κ2) is 11.5. The summed E-state index contributed by atoms with van der Waals surface area (Å²) in [6, 6.07) is 33.1. The van der Waals surface area contributed by atoms with Gasteiger partial charge in [0, 0.05) is 18.4 Å². The Labute approximate surface area is 252 Å². The second-order valence-corrected chi connectivity index (χ2v) is 13.9. The molecule has 1 heterocycles. The van der Waals surface area contributed by atoms with Crippen LogP contribution in [0.2, 0.25) is 0 Å². The van der Waals surface area contributed by atoms with Crippen LogP contribution in [-0.2, 0) is 34.0 Å². The Balaban J connectivity index is 1.58. The molecule has 0 amide bonds. The monoisotopic (exact) mass is 559 g/mol. The van der Waals surface area contributed by atoms with Crippen LogP contribution in [-0.4, -0.2) is 17.6 Å². The predicted molar refractivity (Wildman–Crippen MR) is 174 cm³/mol. The maximum Gasteiger partial charge on any atom is 0.217 e. The molecule has 0 spiro atoms. The van der Waals surface area contributed by atoms with Crippen LogP contribution in [0.3, 0.4) is 0 Å². The van der Waals surface area contributed by atoms with Gasteiger partial charge in [-0.2, -0.15) is 0 Å². The number of hydrogen-bond donors (Lipinski definition) is 1. The molecule has 0 unspecified atom stereocenters. The van der Waals surface area contributed by atoms with Crippen molar-refractivity contribution in [3.63, 3.8) is 0 Å². The van der Waals surface area contributed by atoms with Crippen LogP contribution in [0.25, 0.3) is 0 Å². The van der Waals surface area contributed by atoms with E-state index >= 15 is 0 Å². The molecular formula is C39H45NO2. The van der Waals surface area contributed by atoms with Crippen LogP contribution in [0.4, 0.5) is 0 Å². The largest absolute Gasteiger partial charge is 0.475 e. The van der Waals surface area contributed by atoms with Crippen molar-refractivity contribution in [2.45, 2.75) is 83.8 Å². The highest BCUT2D eigenvalue weighted by Crippen LogP contribution is 2.39. The molecule has 42 heavy (non-hydrogen) atoms. The summed E-state index contributed by atoms with van der Waals surface area (Å²) in [5.41, 5.74) is 8.01. The first-order valence-electron chi connectivity index (χ1n) is 15.1. The molecular weight excluding hydrogens is 514 g/mol. The highest BCUT2D eigenvalue weighted by atomic mass is 16.5.